The van der Waals surface area contributed by atoms with Gasteiger partial charge in [-0.3, -0.25) is 14.6 Å². The van der Waals surface area contributed by atoms with Crippen LogP contribution in [0.5, 0.6) is 0 Å². The first-order valence-corrected chi connectivity index (χ1v) is 9.11. The molecule has 0 spiro atoms. The zero-order valence-corrected chi connectivity index (χ0v) is 15.3. The lowest BCUT2D eigenvalue weighted by Crippen LogP contribution is -2.38. The van der Waals surface area contributed by atoms with E-state index in [4.69, 9.17) is 4.74 Å². The van der Waals surface area contributed by atoms with Crippen LogP contribution in [0.1, 0.15) is 43.0 Å². The van der Waals surface area contributed by atoms with Crippen LogP contribution in [-0.2, 0) is 9.53 Å². The van der Waals surface area contributed by atoms with Crippen molar-refractivity contribution in [3.63, 3.8) is 0 Å². The van der Waals surface area contributed by atoms with Crippen molar-refractivity contribution in [2.45, 2.75) is 32.6 Å². The maximum Gasteiger partial charge on any atom is 0.310 e. The van der Waals surface area contributed by atoms with E-state index < -0.39 is 0 Å². The summed E-state index contributed by atoms with van der Waals surface area (Å²) in [4.78, 5) is 32.7. The van der Waals surface area contributed by atoms with Crippen LogP contribution >= 0.6 is 0 Å². The molecule has 0 aromatic carbocycles. The Morgan fingerprint density at radius 1 is 1.32 bits per heavy atom. The van der Waals surface area contributed by atoms with Crippen LogP contribution < -0.4 is 0 Å². The van der Waals surface area contributed by atoms with Crippen molar-refractivity contribution in [1.29, 1.82) is 0 Å². The minimum Gasteiger partial charge on any atom is -0.469 e. The van der Waals surface area contributed by atoms with Crippen molar-refractivity contribution in [3.05, 3.63) is 30.1 Å². The van der Waals surface area contributed by atoms with Crippen molar-refractivity contribution in [2.24, 2.45) is 5.92 Å². The lowest BCUT2D eigenvalue weighted by Gasteiger charge is -2.25. The third-order valence-electron chi connectivity index (χ3n) is 4.64. The number of hydrogen-bond donors (Lipinski definition) is 0. The van der Waals surface area contributed by atoms with Crippen LogP contribution in [0.15, 0.2) is 24.5 Å². The van der Waals surface area contributed by atoms with E-state index in [0.29, 0.717) is 18.7 Å². The number of amides is 1. The molecule has 1 aliphatic rings. The van der Waals surface area contributed by atoms with E-state index in [9.17, 15) is 9.59 Å². The summed E-state index contributed by atoms with van der Waals surface area (Å²) < 4.78 is 4.80. The number of pyridine rings is 1. The summed E-state index contributed by atoms with van der Waals surface area (Å²) in [6.45, 7) is 6.27. The highest BCUT2D eigenvalue weighted by Crippen LogP contribution is 2.12. The highest BCUT2D eigenvalue weighted by Gasteiger charge is 2.22. The van der Waals surface area contributed by atoms with Gasteiger partial charge in [0.15, 0.2) is 0 Å². The van der Waals surface area contributed by atoms with Gasteiger partial charge in [-0.2, -0.15) is 0 Å². The maximum atomic E-state index is 12.8. The number of nitrogens with zero attached hydrogens (tertiary/aromatic N) is 3. The fraction of sp³-hybridized carbons (Fsp3) is 0.632. The van der Waals surface area contributed by atoms with Gasteiger partial charge in [0.1, 0.15) is 0 Å². The van der Waals surface area contributed by atoms with Crippen LogP contribution in [-0.4, -0.2) is 66.5 Å². The minimum atomic E-state index is -0.343. The van der Waals surface area contributed by atoms with Crippen LogP contribution in [0.2, 0.25) is 0 Å². The van der Waals surface area contributed by atoms with Crippen LogP contribution in [0.25, 0.3) is 0 Å². The molecule has 1 aromatic heterocycles. The van der Waals surface area contributed by atoms with Crippen LogP contribution in [0.3, 0.4) is 0 Å². The van der Waals surface area contributed by atoms with E-state index in [1.807, 2.05) is 0 Å². The fourth-order valence-corrected chi connectivity index (χ4v) is 3.20. The van der Waals surface area contributed by atoms with E-state index in [2.05, 4.69) is 9.88 Å². The second-order valence-corrected chi connectivity index (χ2v) is 6.67. The molecule has 1 saturated heterocycles. The standard InChI is InChI=1S/C19H29N3O3/c1-16(19(24)25-2)15-22(18(23)17-8-7-9-20-14-17)13-6-5-12-21-10-3-4-11-21/h7-9,14,16H,3-6,10-13,15H2,1-2H3. The molecule has 1 fully saturated rings. The largest absolute Gasteiger partial charge is 0.469 e. The number of unbranched alkanes of at least 4 members (excludes halogenated alkanes) is 1. The Balaban J connectivity index is 1.90. The predicted molar refractivity (Wildman–Crippen MR) is 96.2 cm³/mol. The number of carbonyl (C=O) groups is 2. The zero-order chi connectivity index (χ0) is 18.1. The molecule has 0 radical (unpaired) electrons. The summed E-state index contributed by atoms with van der Waals surface area (Å²) in [6.07, 6.45) is 7.79. The van der Waals surface area contributed by atoms with E-state index >= 15 is 0 Å². The number of esters is 1. The summed E-state index contributed by atoms with van der Waals surface area (Å²) in [7, 11) is 1.38. The maximum absolute atomic E-state index is 12.8. The van der Waals surface area contributed by atoms with E-state index in [0.717, 1.165) is 19.4 Å². The Hall–Kier alpha value is -1.95. The van der Waals surface area contributed by atoms with Gasteiger partial charge in [0, 0.05) is 25.5 Å². The molecule has 1 aromatic rings. The molecular weight excluding hydrogens is 318 g/mol. The van der Waals surface area contributed by atoms with Gasteiger partial charge in [0.25, 0.3) is 5.91 Å². The second kappa shape index (κ2) is 10.1. The normalized spacial score (nSPS) is 15.8. The van der Waals surface area contributed by atoms with Gasteiger partial charge in [-0.05, 0) is 57.5 Å². The summed E-state index contributed by atoms with van der Waals surface area (Å²) >= 11 is 0. The molecular formula is C19H29N3O3. The highest BCUT2D eigenvalue weighted by atomic mass is 16.5. The lowest BCUT2D eigenvalue weighted by molar-refractivity contribution is -0.145. The molecule has 1 atom stereocenters. The molecule has 25 heavy (non-hydrogen) atoms. The smallest absolute Gasteiger partial charge is 0.310 e. The summed E-state index contributed by atoms with van der Waals surface area (Å²) in [5, 5.41) is 0. The van der Waals surface area contributed by atoms with Gasteiger partial charge >= 0.3 is 5.97 Å². The molecule has 2 heterocycles. The molecule has 0 N–H and O–H groups in total. The number of carbonyl (C=O) groups excluding carboxylic acids is 2. The number of rotatable bonds is 9. The van der Waals surface area contributed by atoms with E-state index in [-0.39, 0.29) is 17.8 Å². The highest BCUT2D eigenvalue weighted by molar-refractivity contribution is 5.94. The molecule has 6 heteroatoms. The van der Waals surface area contributed by atoms with Crippen molar-refractivity contribution in [3.8, 4) is 0 Å². The number of aromatic nitrogens is 1. The Morgan fingerprint density at radius 3 is 2.72 bits per heavy atom. The quantitative estimate of drug-likeness (QED) is 0.506. The number of methoxy groups -OCH3 is 1. The van der Waals surface area contributed by atoms with Crippen molar-refractivity contribution >= 4 is 11.9 Å². The Kier molecular flexibility index (Phi) is 7.85. The molecule has 138 valence electrons. The van der Waals surface area contributed by atoms with E-state index in [1.165, 1.54) is 33.0 Å². The third kappa shape index (κ3) is 6.12. The first kappa shape index (κ1) is 19.4. The fourth-order valence-electron chi connectivity index (χ4n) is 3.20. The molecule has 0 bridgehead atoms. The molecule has 0 saturated carbocycles. The molecule has 1 aliphatic heterocycles. The van der Waals surface area contributed by atoms with Crippen LogP contribution in [0.4, 0.5) is 0 Å². The molecule has 1 amide bonds. The number of hydrogen-bond acceptors (Lipinski definition) is 5. The van der Waals surface area contributed by atoms with Gasteiger partial charge in [-0.1, -0.05) is 6.92 Å². The minimum absolute atomic E-state index is 0.0787. The zero-order valence-electron chi connectivity index (χ0n) is 15.3. The van der Waals surface area contributed by atoms with Crippen molar-refractivity contribution in [2.75, 3.05) is 39.8 Å². The first-order valence-electron chi connectivity index (χ1n) is 9.11. The van der Waals surface area contributed by atoms with Crippen LogP contribution in [0, 0.1) is 5.92 Å². The number of likely N-dealkylation sites (tertiary alicyclic amines) is 1. The average molecular weight is 347 g/mol. The van der Waals surface area contributed by atoms with Crippen molar-refractivity contribution in [1.82, 2.24) is 14.8 Å². The Labute approximate surface area is 150 Å². The summed E-state index contributed by atoms with van der Waals surface area (Å²) in [5.74, 6) is -0.713. The molecule has 2 rings (SSSR count). The molecule has 6 nitrogen and oxygen atoms in total. The number of ether oxygens (including phenoxy) is 1. The molecule has 0 aliphatic carbocycles. The van der Waals surface area contributed by atoms with Gasteiger partial charge in [0.2, 0.25) is 0 Å². The molecule has 1 unspecified atom stereocenters. The summed E-state index contributed by atoms with van der Waals surface area (Å²) in [6, 6.07) is 3.51. The predicted octanol–water partition coefficient (Wildman–Crippen LogP) is 2.21. The second-order valence-electron chi connectivity index (χ2n) is 6.67. The van der Waals surface area contributed by atoms with Gasteiger partial charge < -0.3 is 14.5 Å². The Bertz CT molecular complexity index is 544. The van der Waals surface area contributed by atoms with Crippen molar-refractivity contribution < 1.29 is 14.3 Å². The van der Waals surface area contributed by atoms with Gasteiger partial charge in [-0.15, -0.1) is 0 Å². The average Bonchev–Trinajstić information content (AvgIpc) is 3.17. The van der Waals surface area contributed by atoms with Gasteiger partial charge in [0.05, 0.1) is 18.6 Å². The SMILES string of the molecule is COC(=O)C(C)CN(CCCCN1CCCC1)C(=O)c1cccnc1. The monoisotopic (exact) mass is 347 g/mol. The summed E-state index contributed by atoms with van der Waals surface area (Å²) in [5.41, 5.74) is 0.555. The lowest BCUT2D eigenvalue weighted by atomic mass is 10.1. The third-order valence-corrected chi connectivity index (χ3v) is 4.64. The first-order chi connectivity index (χ1) is 12.1. The topological polar surface area (TPSA) is 62.7 Å². The van der Waals surface area contributed by atoms with Gasteiger partial charge in [-0.25, -0.2) is 0 Å². The Morgan fingerprint density at radius 2 is 2.08 bits per heavy atom. The van der Waals surface area contributed by atoms with E-state index in [1.54, 1.807) is 36.4 Å².